The number of carbonyl (C=O) groups excluding carboxylic acids is 1. The van der Waals surface area contributed by atoms with Gasteiger partial charge in [-0.2, -0.15) is 13.2 Å². The van der Waals surface area contributed by atoms with Crippen LogP contribution in [-0.4, -0.2) is 18.6 Å². The molecule has 1 aliphatic carbocycles. The van der Waals surface area contributed by atoms with Crippen molar-refractivity contribution in [1.82, 2.24) is 5.32 Å². The summed E-state index contributed by atoms with van der Waals surface area (Å²) in [5, 5.41) is 2.97. The van der Waals surface area contributed by atoms with E-state index in [1.54, 1.807) is 7.05 Å². The second-order valence-corrected chi connectivity index (χ2v) is 6.02. The molecule has 0 amide bonds. The Morgan fingerprint density at radius 2 is 1.96 bits per heavy atom. The zero-order valence-corrected chi connectivity index (χ0v) is 12.7. The van der Waals surface area contributed by atoms with E-state index in [9.17, 15) is 18.0 Å². The van der Waals surface area contributed by atoms with Crippen molar-refractivity contribution in [3.05, 3.63) is 41.7 Å². The third kappa shape index (κ3) is 2.65. The second kappa shape index (κ2) is 5.67. The molecule has 1 N–H and O–H groups in total. The molecule has 1 aliphatic heterocycles. The number of ether oxygens (including phenoxy) is 1. The second-order valence-electron chi connectivity index (χ2n) is 6.02. The van der Waals surface area contributed by atoms with E-state index >= 15 is 0 Å². The van der Waals surface area contributed by atoms with Gasteiger partial charge in [0.15, 0.2) is 0 Å². The summed E-state index contributed by atoms with van der Waals surface area (Å²) in [5.74, 6) is -0.245. The van der Waals surface area contributed by atoms with Crippen LogP contribution in [-0.2, 0) is 15.7 Å². The first kappa shape index (κ1) is 16.1. The molecule has 0 saturated heterocycles. The molecule has 0 radical (unpaired) electrons. The third-order valence-electron chi connectivity index (χ3n) is 4.75. The van der Waals surface area contributed by atoms with E-state index < -0.39 is 17.5 Å². The Labute approximate surface area is 132 Å². The Morgan fingerprint density at radius 3 is 2.57 bits per heavy atom. The molecule has 124 valence electrons. The summed E-state index contributed by atoms with van der Waals surface area (Å²) in [4.78, 5) is 12.9. The Balaban J connectivity index is 1.92. The highest BCUT2D eigenvalue weighted by Gasteiger charge is 2.51. The van der Waals surface area contributed by atoms with E-state index in [1.165, 1.54) is 18.4 Å². The number of likely N-dealkylation sites (N-methyl/N-ethyl adjacent to an activating group) is 1. The molecule has 6 heteroatoms. The van der Waals surface area contributed by atoms with E-state index in [1.807, 2.05) is 0 Å². The maximum atomic E-state index is 12.9. The van der Waals surface area contributed by atoms with E-state index in [0.717, 1.165) is 37.8 Å². The van der Waals surface area contributed by atoms with Gasteiger partial charge in [0.1, 0.15) is 0 Å². The van der Waals surface area contributed by atoms with Gasteiger partial charge < -0.3 is 4.74 Å². The molecule has 3 rings (SSSR count). The minimum atomic E-state index is -4.44. The van der Waals surface area contributed by atoms with Gasteiger partial charge in [-0.25, -0.2) is 0 Å². The fraction of sp³-hybridized carbons (Fsp3) is 0.471. The highest BCUT2D eigenvalue weighted by Crippen LogP contribution is 2.42. The first-order valence-corrected chi connectivity index (χ1v) is 7.68. The standard InChI is InChI=1S/C17H18F3NO2/c1-21-16(12-6-2-3-7-12)15(22)14(10-23-16)11-5-4-8-13(9-11)17(18,19)20/h4-5,8-10,12,21H,2-3,6-7H2,1H3. The monoisotopic (exact) mass is 325 g/mol. The fourth-order valence-corrected chi connectivity index (χ4v) is 3.51. The molecule has 1 aromatic carbocycles. The summed E-state index contributed by atoms with van der Waals surface area (Å²) in [6.45, 7) is 0. The maximum Gasteiger partial charge on any atom is 0.416 e. The van der Waals surface area contributed by atoms with E-state index in [-0.39, 0.29) is 22.8 Å². The Morgan fingerprint density at radius 1 is 1.26 bits per heavy atom. The predicted molar refractivity (Wildman–Crippen MR) is 79.3 cm³/mol. The topological polar surface area (TPSA) is 38.3 Å². The molecule has 1 saturated carbocycles. The zero-order valence-electron chi connectivity index (χ0n) is 12.7. The smallest absolute Gasteiger partial charge is 0.416 e. The summed E-state index contributed by atoms with van der Waals surface area (Å²) in [5.41, 5.74) is -1.48. The van der Waals surface area contributed by atoms with Gasteiger partial charge in [-0.1, -0.05) is 25.0 Å². The average molecular weight is 325 g/mol. The molecular weight excluding hydrogens is 307 g/mol. The summed E-state index contributed by atoms with van der Waals surface area (Å²) in [7, 11) is 1.65. The lowest BCUT2D eigenvalue weighted by Gasteiger charge is -2.32. The number of hydrogen-bond donors (Lipinski definition) is 1. The maximum absolute atomic E-state index is 12.9. The van der Waals surface area contributed by atoms with Gasteiger partial charge in [-0.3, -0.25) is 10.1 Å². The SMILES string of the molecule is CNC1(C2CCCC2)OC=C(c2cccc(C(F)(F)F)c2)C1=O. The van der Waals surface area contributed by atoms with Crippen LogP contribution >= 0.6 is 0 Å². The van der Waals surface area contributed by atoms with Crippen molar-refractivity contribution in [3.63, 3.8) is 0 Å². The zero-order chi connectivity index (χ0) is 16.7. The number of alkyl halides is 3. The van der Waals surface area contributed by atoms with Gasteiger partial charge >= 0.3 is 6.18 Å². The molecule has 1 heterocycles. The number of hydrogen-bond acceptors (Lipinski definition) is 3. The van der Waals surface area contributed by atoms with Gasteiger partial charge in [0.05, 0.1) is 17.4 Å². The van der Waals surface area contributed by atoms with Crippen LogP contribution in [0.2, 0.25) is 0 Å². The summed E-state index contributed by atoms with van der Waals surface area (Å²) in [6.07, 6.45) is 0.664. The third-order valence-corrected chi connectivity index (χ3v) is 4.75. The van der Waals surface area contributed by atoms with Crippen LogP contribution in [0, 0.1) is 5.92 Å². The van der Waals surface area contributed by atoms with E-state index in [0.29, 0.717) is 0 Å². The number of Topliss-reactive ketones (excluding diaryl/α,β-unsaturated/α-hetero) is 1. The highest BCUT2D eigenvalue weighted by atomic mass is 19.4. The Bertz CT molecular complexity index is 647. The number of ketones is 1. The van der Waals surface area contributed by atoms with Crippen molar-refractivity contribution in [3.8, 4) is 0 Å². The van der Waals surface area contributed by atoms with Crippen molar-refractivity contribution < 1.29 is 22.7 Å². The number of carbonyl (C=O) groups is 1. The van der Waals surface area contributed by atoms with Gasteiger partial charge in [-0.05, 0) is 37.6 Å². The first-order valence-electron chi connectivity index (χ1n) is 7.68. The minimum absolute atomic E-state index is 0.0412. The molecule has 1 fully saturated rings. The lowest BCUT2D eigenvalue weighted by Crippen LogP contribution is -2.54. The minimum Gasteiger partial charge on any atom is -0.472 e. The quantitative estimate of drug-likeness (QED) is 0.920. The molecular formula is C17H18F3NO2. The summed E-state index contributed by atoms with van der Waals surface area (Å²) in [6, 6.07) is 4.80. The largest absolute Gasteiger partial charge is 0.472 e. The van der Waals surface area contributed by atoms with Gasteiger partial charge in [0, 0.05) is 5.92 Å². The van der Waals surface area contributed by atoms with Crippen LogP contribution in [0.1, 0.15) is 36.8 Å². The Hall–Kier alpha value is -1.82. The van der Waals surface area contributed by atoms with Gasteiger partial charge in [0.25, 0.3) is 0 Å². The number of halogens is 3. The lowest BCUT2D eigenvalue weighted by molar-refractivity contribution is -0.138. The highest BCUT2D eigenvalue weighted by molar-refractivity contribution is 6.26. The van der Waals surface area contributed by atoms with Gasteiger partial charge in [0.2, 0.25) is 11.5 Å². The molecule has 0 spiro atoms. The van der Waals surface area contributed by atoms with Crippen molar-refractivity contribution >= 4 is 11.4 Å². The van der Waals surface area contributed by atoms with E-state index in [2.05, 4.69) is 5.32 Å². The van der Waals surface area contributed by atoms with Crippen LogP contribution in [0.5, 0.6) is 0 Å². The molecule has 23 heavy (non-hydrogen) atoms. The lowest BCUT2D eigenvalue weighted by atomic mass is 9.86. The van der Waals surface area contributed by atoms with Crippen LogP contribution in [0.25, 0.3) is 5.57 Å². The number of rotatable bonds is 3. The van der Waals surface area contributed by atoms with E-state index in [4.69, 9.17) is 4.74 Å². The van der Waals surface area contributed by atoms with Crippen LogP contribution in [0.4, 0.5) is 13.2 Å². The number of benzene rings is 1. The molecule has 1 atom stereocenters. The molecule has 3 nitrogen and oxygen atoms in total. The van der Waals surface area contributed by atoms with Crippen LogP contribution in [0.15, 0.2) is 30.5 Å². The first-order chi connectivity index (χ1) is 10.9. The van der Waals surface area contributed by atoms with Crippen LogP contribution in [0.3, 0.4) is 0 Å². The molecule has 0 aromatic heterocycles. The molecule has 1 unspecified atom stereocenters. The van der Waals surface area contributed by atoms with Crippen molar-refractivity contribution in [2.75, 3.05) is 7.05 Å². The van der Waals surface area contributed by atoms with Crippen LogP contribution < -0.4 is 5.32 Å². The average Bonchev–Trinajstić information content (AvgIpc) is 3.15. The normalized spacial score (nSPS) is 25.6. The molecule has 1 aromatic rings. The van der Waals surface area contributed by atoms with Crippen molar-refractivity contribution in [1.29, 1.82) is 0 Å². The molecule has 0 bridgehead atoms. The summed E-state index contributed by atoms with van der Waals surface area (Å²) >= 11 is 0. The Kier molecular flexibility index (Phi) is 3.96. The number of nitrogens with one attached hydrogen (secondary N) is 1. The summed E-state index contributed by atoms with van der Waals surface area (Å²) < 4.78 is 44.3. The van der Waals surface area contributed by atoms with Crippen molar-refractivity contribution in [2.24, 2.45) is 5.92 Å². The van der Waals surface area contributed by atoms with Gasteiger partial charge in [-0.15, -0.1) is 0 Å². The fourth-order valence-electron chi connectivity index (χ4n) is 3.51. The predicted octanol–water partition coefficient (Wildman–Crippen LogP) is 3.75. The van der Waals surface area contributed by atoms with Crippen molar-refractivity contribution in [2.45, 2.75) is 37.6 Å². The molecule has 2 aliphatic rings.